The lowest BCUT2D eigenvalue weighted by Gasteiger charge is -2.24. The predicted octanol–water partition coefficient (Wildman–Crippen LogP) is 3.68. The summed E-state index contributed by atoms with van der Waals surface area (Å²) >= 11 is 0. The van der Waals surface area contributed by atoms with Gasteiger partial charge in [-0.25, -0.2) is 0 Å². The maximum absolute atomic E-state index is 13.5. The van der Waals surface area contributed by atoms with Crippen LogP contribution >= 0.6 is 0 Å². The number of hydrogen-bond acceptors (Lipinski definition) is 6. The third-order valence-electron chi connectivity index (χ3n) is 6.29. The first kappa shape index (κ1) is 22.9. The second-order valence-corrected chi connectivity index (χ2v) is 8.70. The molecule has 0 bridgehead atoms. The molecule has 1 unspecified atom stereocenters. The normalized spacial score (nSPS) is 16.1. The van der Waals surface area contributed by atoms with Gasteiger partial charge in [0.25, 0.3) is 5.91 Å². The first-order valence-corrected chi connectivity index (χ1v) is 11.8. The maximum Gasteiger partial charge on any atom is 0.254 e. The number of nitrogens with one attached hydrogen (secondary N) is 1. The zero-order valence-corrected chi connectivity index (χ0v) is 19.8. The molecule has 5 rings (SSSR count). The van der Waals surface area contributed by atoms with E-state index < -0.39 is 0 Å². The molecular formula is C27H29N5O3. The SMILES string of the molecule is COc1ccc(C(=O)N2CCOCC(Cc3nccn4cccc34)C2)cc1NCc1cccnc1. The Morgan fingerprint density at radius 1 is 1.20 bits per heavy atom. The Morgan fingerprint density at radius 2 is 2.14 bits per heavy atom. The van der Waals surface area contributed by atoms with Crippen LogP contribution in [0.5, 0.6) is 5.75 Å². The van der Waals surface area contributed by atoms with Crippen LogP contribution in [0.2, 0.25) is 0 Å². The fourth-order valence-corrected chi connectivity index (χ4v) is 4.51. The number of rotatable bonds is 7. The highest BCUT2D eigenvalue weighted by Crippen LogP contribution is 2.27. The predicted molar refractivity (Wildman–Crippen MR) is 134 cm³/mol. The van der Waals surface area contributed by atoms with Crippen molar-refractivity contribution in [2.75, 3.05) is 38.7 Å². The minimum atomic E-state index is -0.0126. The van der Waals surface area contributed by atoms with Crippen molar-refractivity contribution in [2.45, 2.75) is 13.0 Å². The van der Waals surface area contributed by atoms with E-state index in [0.717, 1.165) is 28.9 Å². The lowest BCUT2D eigenvalue weighted by molar-refractivity contribution is 0.0737. The fourth-order valence-electron chi connectivity index (χ4n) is 4.51. The smallest absolute Gasteiger partial charge is 0.254 e. The molecule has 1 aliphatic heterocycles. The molecule has 1 amide bonds. The van der Waals surface area contributed by atoms with Crippen molar-refractivity contribution in [2.24, 2.45) is 5.92 Å². The molecule has 35 heavy (non-hydrogen) atoms. The first-order valence-electron chi connectivity index (χ1n) is 11.8. The molecule has 4 heterocycles. The van der Waals surface area contributed by atoms with E-state index in [2.05, 4.69) is 25.8 Å². The summed E-state index contributed by atoms with van der Waals surface area (Å²) in [5.74, 6) is 0.840. The van der Waals surface area contributed by atoms with E-state index in [0.29, 0.717) is 44.2 Å². The van der Waals surface area contributed by atoms with Gasteiger partial charge in [0, 0.05) is 62.1 Å². The van der Waals surface area contributed by atoms with Crippen LogP contribution in [0, 0.1) is 5.92 Å². The van der Waals surface area contributed by atoms with Gasteiger partial charge in [-0.3, -0.25) is 14.8 Å². The van der Waals surface area contributed by atoms with Crippen molar-refractivity contribution in [1.82, 2.24) is 19.3 Å². The van der Waals surface area contributed by atoms with Crippen molar-refractivity contribution < 1.29 is 14.3 Å². The summed E-state index contributed by atoms with van der Waals surface area (Å²) in [5.41, 5.74) is 4.55. The fraction of sp³-hybridized carbons (Fsp3) is 0.296. The third-order valence-corrected chi connectivity index (χ3v) is 6.29. The van der Waals surface area contributed by atoms with Gasteiger partial charge in [-0.2, -0.15) is 0 Å². The molecule has 0 saturated carbocycles. The van der Waals surface area contributed by atoms with Gasteiger partial charge in [0.1, 0.15) is 5.75 Å². The molecule has 1 N–H and O–H groups in total. The lowest BCUT2D eigenvalue weighted by atomic mass is 10.0. The van der Waals surface area contributed by atoms with Crippen LogP contribution < -0.4 is 10.1 Å². The highest BCUT2D eigenvalue weighted by atomic mass is 16.5. The first-order chi connectivity index (χ1) is 17.2. The number of anilines is 1. The summed E-state index contributed by atoms with van der Waals surface area (Å²) in [7, 11) is 1.63. The molecule has 1 fully saturated rings. The van der Waals surface area contributed by atoms with Gasteiger partial charge < -0.3 is 24.1 Å². The molecule has 1 saturated heterocycles. The van der Waals surface area contributed by atoms with Crippen molar-refractivity contribution >= 4 is 17.1 Å². The van der Waals surface area contributed by atoms with Crippen molar-refractivity contribution in [3.8, 4) is 5.75 Å². The molecule has 8 heteroatoms. The average molecular weight is 472 g/mol. The van der Waals surface area contributed by atoms with E-state index in [1.54, 1.807) is 13.3 Å². The number of carbonyl (C=O) groups is 1. The highest BCUT2D eigenvalue weighted by molar-refractivity contribution is 5.95. The Hall–Kier alpha value is -3.91. The summed E-state index contributed by atoms with van der Waals surface area (Å²) in [6.07, 6.45) is 10.1. The van der Waals surface area contributed by atoms with Crippen molar-refractivity contribution in [3.05, 3.63) is 90.3 Å². The van der Waals surface area contributed by atoms with E-state index in [9.17, 15) is 4.79 Å². The van der Waals surface area contributed by atoms with Gasteiger partial charge in [-0.15, -0.1) is 0 Å². The van der Waals surface area contributed by atoms with Gasteiger partial charge in [0.05, 0.1) is 37.2 Å². The van der Waals surface area contributed by atoms with Crippen LogP contribution in [-0.2, 0) is 17.7 Å². The van der Waals surface area contributed by atoms with Gasteiger partial charge in [-0.1, -0.05) is 6.07 Å². The monoisotopic (exact) mass is 471 g/mol. The standard InChI is InChI=1S/C27H29N5O3/c1-34-26-7-6-22(15-24(26)30-17-20-4-2-8-28-16-20)27(33)32-12-13-35-19-21(18-32)14-23-25-5-3-10-31(25)11-9-29-23/h2-11,15-16,21,30H,12-14,17-19H2,1H3. The Kier molecular flexibility index (Phi) is 6.90. The van der Waals surface area contributed by atoms with Crippen LogP contribution in [-0.4, -0.2) is 58.6 Å². The van der Waals surface area contributed by atoms with E-state index in [-0.39, 0.29) is 11.8 Å². The molecule has 0 aliphatic carbocycles. The third kappa shape index (κ3) is 5.27. The number of aromatic nitrogens is 3. The van der Waals surface area contributed by atoms with Crippen LogP contribution in [0.3, 0.4) is 0 Å². The molecule has 4 aromatic rings. The molecular weight excluding hydrogens is 442 g/mol. The zero-order chi connectivity index (χ0) is 24.0. The number of fused-ring (bicyclic) bond motifs is 1. The van der Waals surface area contributed by atoms with E-state index in [1.807, 2.05) is 66.1 Å². The molecule has 180 valence electrons. The van der Waals surface area contributed by atoms with Crippen molar-refractivity contribution in [1.29, 1.82) is 0 Å². The Labute approximate surface area is 204 Å². The summed E-state index contributed by atoms with van der Waals surface area (Å²) in [4.78, 5) is 24.2. The molecule has 8 nitrogen and oxygen atoms in total. The molecule has 0 spiro atoms. The zero-order valence-electron chi connectivity index (χ0n) is 19.8. The Balaban J connectivity index is 1.31. The van der Waals surface area contributed by atoms with Gasteiger partial charge >= 0.3 is 0 Å². The van der Waals surface area contributed by atoms with Crippen LogP contribution in [0.4, 0.5) is 5.69 Å². The summed E-state index contributed by atoms with van der Waals surface area (Å²) in [6.45, 7) is 2.89. The quantitative estimate of drug-likeness (QED) is 0.443. The van der Waals surface area contributed by atoms with Crippen LogP contribution in [0.15, 0.2) is 73.4 Å². The van der Waals surface area contributed by atoms with Crippen LogP contribution in [0.1, 0.15) is 21.6 Å². The number of benzene rings is 1. The molecule has 1 aromatic carbocycles. The second-order valence-electron chi connectivity index (χ2n) is 8.70. The minimum absolute atomic E-state index is 0.0126. The topological polar surface area (TPSA) is 81.0 Å². The number of methoxy groups -OCH3 is 1. The number of hydrogen-bond donors (Lipinski definition) is 1. The summed E-state index contributed by atoms with van der Waals surface area (Å²) in [5, 5.41) is 3.38. The number of ether oxygens (including phenoxy) is 2. The molecule has 3 aromatic heterocycles. The summed E-state index contributed by atoms with van der Waals surface area (Å²) in [6, 6.07) is 13.5. The lowest BCUT2D eigenvalue weighted by Crippen LogP contribution is -2.36. The Bertz CT molecular complexity index is 1290. The molecule has 1 aliphatic rings. The van der Waals surface area contributed by atoms with E-state index in [1.165, 1.54) is 0 Å². The minimum Gasteiger partial charge on any atom is -0.495 e. The van der Waals surface area contributed by atoms with Crippen LogP contribution in [0.25, 0.3) is 5.52 Å². The Morgan fingerprint density at radius 3 is 3.00 bits per heavy atom. The van der Waals surface area contributed by atoms with Gasteiger partial charge in [0.15, 0.2) is 0 Å². The number of carbonyl (C=O) groups excluding carboxylic acids is 1. The maximum atomic E-state index is 13.5. The van der Waals surface area contributed by atoms with E-state index >= 15 is 0 Å². The average Bonchev–Trinajstić information content (AvgIpc) is 3.27. The van der Waals surface area contributed by atoms with Gasteiger partial charge in [0.2, 0.25) is 0 Å². The highest BCUT2D eigenvalue weighted by Gasteiger charge is 2.25. The van der Waals surface area contributed by atoms with Gasteiger partial charge in [-0.05, 0) is 48.4 Å². The molecule has 0 radical (unpaired) electrons. The number of amides is 1. The number of nitrogens with zero attached hydrogens (tertiary/aromatic N) is 4. The van der Waals surface area contributed by atoms with E-state index in [4.69, 9.17) is 9.47 Å². The number of pyridine rings is 1. The molecule has 1 atom stereocenters. The largest absolute Gasteiger partial charge is 0.495 e. The summed E-state index contributed by atoms with van der Waals surface area (Å²) < 4.78 is 13.5. The van der Waals surface area contributed by atoms with Crippen molar-refractivity contribution in [3.63, 3.8) is 0 Å². The second kappa shape index (κ2) is 10.6.